The molecule has 0 bridgehead atoms. The predicted molar refractivity (Wildman–Crippen MR) is 78.7 cm³/mol. The zero-order chi connectivity index (χ0) is 13.8. The van der Waals surface area contributed by atoms with Gasteiger partial charge in [-0.05, 0) is 25.0 Å². The standard InChI is InChI=1S/C14H17BrN2O2/c1-2-16-14(19)11-5-3-4-6-12(11)17-9-10(8-15)7-13(17)18/h3-6,10H,2,7-9H2,1H3,(H,16,19). The highest BCUT2D eigenvalue weighted by molar-refractivity contribution is 9.09. The van der Waals surface area contributed by atoms with Crippen LogP contribution in [0.4, 0.5) is 5.69 Å². The zero-order valence-electron chi connectivity index (χ0n) is 10.9. The monoisotopic (exact) mass is 324 g/mol. The quantitative estimate of drug-likeness (QED) is 0.863. The van der Waals surface area contributed by atoms with Gasteiger partial charge in [-0.1, -0.05) is 28.1 Å². The van der Waals surface area contributed by atoms with Gasteiger partial charge in [0.1, 0.15) is 0 Å². The highest BCUT2D eigenvalue weighted by Gasteiger charge is 2.31. The summed E-state index contributed by atoms with van der Waals surface area (Å²) in [5.74, 6) is 0.268. The van der Waals surface area contributed by atoms with Crippen LogP contribution in [0.15, 0.2) is 24.3 Å². The van der Waals surface area contributed by atoms with Gasteiger partial charge in [0.2, 0.25) is 5.91 Å². The van der Waals surface area contributed by atoms with Gasteiger partial charge in [-0.2, -0.15) is 0 Å². The van der Waals surface area contributed by atoms with Crippen molar-refractivity contribution in [3.63, 3.8) is 0 Å². The lowest BCUT2D eigenvalue weighted by atomic mass is 10.1. The number of amides is 2. The summed E-state index contributed by atoms with van der Waals surface area (Å²) in [6.45, 7) is 3.12. The van der Waals surface area contributed by atoms with Gasteiger partial charge in [-0.25, -0.2) is 0 Å². The molecular formula is C14H17BrN2O2. The molecule has 0 aliphatic carbocycles. The second kappa shape index (κ2) is 6.19. The van der Waals surface area contributed by atoms with Gasteiger partial charge < -0.3 is 10.2 Å². The molecule has 1 aromatic carbocycles. The van der Waals surface area contributed by atoms with Gasteiger partial charge in [0.05, 0.1) is 11.3 Å². The number of para-hydroxylation sites is 1. The molecule has 2 rings (SSSR count). The summed E-state index contributed by atoms with van der Waals surface area (Å²) < 4.78 is 0. The van der Waals surface area contributed by atoms with Gasteiger partial charge >= 0.3 is 0 Å². The maximum atomic E-state index is 12.1. The summed E-state index contributed by atoms with van der Waals surface area (Å²) in [6, 6.07) is 7.26. The Morgan fingerprint density at radius 1 is 1.47 bits per heavy atom. The molecule has 4 nitrogen and oxygen atoms in total. The van der Waals surface area contributed by atoms with Crippen molar-refractivity contribution in [2.24, 2.45) is 5.92 Å². The SMILES string of the molecule is CCNC(=O)c1ccccc1N1CC(CBr)CC1=O. The minimum Gasteiger partial charge on any atom is -0.352 e. The number of nitrogens with zero attached hydrogens (tertiary/aromatic N) is 1. The van der Waals surface area contributed by atoms with Crippen LogP contribution in [0.3, 0.4) is 0 Å². The number of rotatable bonds is 4. The Morgan fingerprint density at radius 3 is 2.84 bits per heavy atom. The number of carbonyl (C=O) groups is 2. The van der Waals surface area contributed by atoms with Crippen LogP contribution in [0.25, 0.3) is 0 Å². The van der Waals surface area contributed by atoms with Gasteiger partial charge in [-0.3, -0.25) is 9.59 Å². The van der Waals surface area contributed by atoms with Crippen LogP contribution in [-0.2, 0) is 4.79 Å². The number of benzene rings is 1. The molecule has 0 radical (unpaired) electrons. The third-order valence-corrected chi connectivity index (χ3v) is 4.12. The smallest absolute Gasteiger partial charge is 0.253 e. The second-order valence-corrected chi connectivity index (χ2v) is 5.25. The maximum absolute atomic E-state index is 12.1. The summed E-state index contributed by atoms with van der Waals surface area (Å²) in [5.41, 5.74) is 1.27. The molecule has 1 aromatic rings. The Bertz CT molecular complexity index is 490. The van der Waals surface area contributed by atoms with E-state index in [2.05, 4.69) is 21.2 Å². The average Bonchev–Trinajstić information content (AvgIpc) is 2.80. The largest absolute Gasteiger partial charge is 0.352 e. The highest BCUT2D eigenvalue weighted by atomic mass is 79.9. The number of halogens is 1. The molecule has 2 amide bonds. The van der Waals surface area contributed by atoms with E-state index in [1.54, 1.807) is 11.0 Å². The zero-order valence-corrected chi connectivity index (χ0v) is 12.4. The fraction of sp³-hybridized carbons (Fsp3) is 0.429. The first-order valence-corrected chi connectivity index (χ1v) is 7.53. The summed E-state index contributed by atoms with van der Waals surface area (Å²) in [5, 5.41) is 3.58. The normalized spacial score (nSPS) is 18.7. The highest BCUT2D eigenvalue weighted by Crippen LogP contribution is 2.28. The van der Waals surface area contributed by atoms with Crippen LogP contribution >= 0.6 is 15.9 Å². The van der Waals surface area contributed by atoms with Crippen LogP contribution in [-0.4, -0.2) is 30.2 Å². The van der Waals surface area contributed by atoms with Gasteiger partial charge in [0.15, 0.2) is 0 Å². The molecule has 0 saturated carbocycles. The molecule has 5 heteroatoms. The third kappa shape index (κ3) is 2.97. The first-order valence-electron chi connectivity index (χ1n) is 6.41. The number of hydrogen-bond donors (Lipinski definition) is 1. The molecule has 1 fully saturated rings. The number of carbonyl (C=O) groups excluding carboxylic acids is 2. The fourth-order valence-electron chi connectivity index (χ4n) is 2.27. The van der Waals surface area contributed by atoms with Crippen molar-refractivity contribution in [3.05, 3.63) is 29.8 Å². The second-order valence-electron chi connectivity index (χ2n) is 4.61. The minimum atomic E-state index is -0.131. The Morgan fingerprint density at radius 2 is 2.21 bits per heavy atom. The lowest BCUT2D eigenvalue weighted by molar-refractivity contribution is -0.117. The van der Waals surface area contributed by atoms with Crippen molar-refractivity contribution in [1.29, 1.82) is 0 Å². The fourth-order valence-corrected chi connectivity index (χ4v) is 2.71. The molecule has 1 unspecified atom stereocenters. The summed E-state index contributed by atoms with van der Waals surface area (Å²) in [7, 11) is 0. The first kappa shape index (κ1) is 14.1. The van der Waals surface area contributed by atoms with E-state index < -0.39 is 0 Å². The van der Waals surface area contributed by atoms with Crippen LogP contribution in [0, 0.1) is 5.92 Å². The van der Waals surface area contributed by atoms with Crippen molar-refractivity contribution in [2.45, 2.75) is 13.3 Å². The third-order valence-electron chi connectivity index (χ3n) is 3.20. The molecule has 1 saturated heterocycles. The van der Waals surface area contributed by atoms with Crippen LogP contribution < -0.4 is 10.2 Å². The van der Waals surface area contributed by atoms with Crippen molar-refractivity contribution in [2.75, 3.05) is 23.3 Å². The summed E-state index contributed by atoms with van der Waals surface area (Å²) >= 11 is 3.42. The number of anilines is 1. The van der Waals surface area contributed by atoms with E-state index >= 15 is 0 Å². The Kier molecular flexibility index (Phi) is 4.58. The Balaban J connectivity index is 2.30. The van der Waals surface area contributed by atoms with Crippen LogP contribution in [0.5, 0.6) is 0 Å². The van der Waals surface area contributed by atoms with Crippen molar-refractivity contribution in [1.82, 2.24) is 5.32 Å². The van der Waals surface area contributed by atoms with E-state index in [4.69, 9.17) is 0 Å². The molecule has 0 spiro atoms. The molecule has 1 atom stereocenters. The molecule has 1 aliphatic rings. The maximum Gasteiger partial charge on any atom is 0.253 e. The Hall–Kier alpha value is -1.36. The summed E-state index contributed by atoms with van der Waals surface area (Å²) in [6.07, 6.45) is 0.537. The van der Waals surface area contributed by atoms with Crippen LogP contribution in [0.2, 0.25) is 0 Å². The molecule has 1 aliphatic heterocycles. The summed E-state index contributed by atoms with van der Waals surface area (Å²) in [4.78, 5) is 25.8. The topological polar surface area (TPSA) is 49.4 Å². The molecule has 102 valence electrons. The molecule has 0 aromatic heterocycles. The molecule has 19 heavy (non-hydrogen) atoms. The van der Waals surface area contributed by atoms with E-state index in [0.29, 0.717) is 36.7 Å². The van der Waals surface area contributed by atoms with Gasteiger partial charge in [-0.15, -0.1) is 0 Å². The van der Waals surface area contributed by atoms with E-state index in [1.807, 2.05) is 25.1 Å². The molecular weight excluding hydrogens is 308 g/mol. The van der Waals surface area contributed by atoms with E-state index in [0.717, 1.165) is 5.33 Å². The number of hydrogen-bond acceptors (Lipinski definition) is 2. The van der Waals surface area contributed by atoms with E-state index in [1.165, 1.54) is 0 Å². The van der Waals surface area contributed by atoms with Crippen molar-refractivity contribution >= 4 is 33.4 Å². The lowest BCUT2D eigenvalue weighted by Gasteiger charge is -2.19. The van der Waals surface area contributed by atoms with Crippen molar-refractivity contribution in [3.8, 4) is 0 Å². The Labute approximate surface area is 121 Å². The molecule has 1 heterocycles. The van der Waals surface area contributed by atoms with Gasteiger partial charge in [0, 0.05) is 24.8 Å². The molecule has 1 N–H and O–H groups in total. The number of nitrogens with one attached hydrogen (secondary N) is 1. The predicted octanol–water partition coefficient (Wildman–Crippen LogP) is 2.18. The average molecular weight is 325 g/mol. The van der Waals surface area contributed by atoms with Crippen LogP contribution in [0.1, 0.15) is 23.7 Å². The van der Waals surface area contributed by atoms with E-state index in [-0.39, 0.29) is 11.8 Å². The van der Waals surface area contributed by atoms with Crippen molar-refractivity contribution < 1.29 is 9.59 Å². The van der Waals surface area contributed by atoms with Gasteiger partial charge in [0.25, 0.3) is 5.91 Å². The first-order chi connectivity index (χ1) is 9.17. The lowest BCUT2D eigenvalue weighted by Crippen LogP contribution is -2.30. The number of alkyl halides is 1. The van der Waals surface area contributed by atoms with E-state index in [9.17, 15) is 9.59 Å². The minimum absolute atomic E-state index is 0.0844.